The molecule has 1 unspecified atom stereocenters. The van der Waals surface area contributed by atoms with E-state index in [0.717, 1.165) is 24.5 Å². The number of rotatable bonds is 3. The Morgan fingerprint density at radius 2 is 1.79 bits per heavy atom. The van der Waals surface area contributed by atoms with Gasteiger partial charge in [0.05, 0.1) is 0 Å². The first-order valence-corrected chi connectivity index (χ1v) is 7.83. The molecule has 1 aliphatic heterocycles. The Morgan fingerprint density at radius 3 is 2.42 bits per heavy atom. The minimum Gasteiger partial charge on any atom is -0.371 e. The van der Waals surface area contributed by atoms with E-state index in [4.69, 9.17) is 17.3 Å². The summed E-state index contributed by atoms with van der Waals surface area (Å²) in [6.45, 7) is 4.35. The van der Waals surface area contributed by atoms with Gasteiger partial charge in [-0.05, 0) is 43.9 Å². The number of hydrogen-bond acceptors (Lipinski definition) is 2. The van der Waals surface area contributed by atoms with Gasteiger partial charge >= 0.3 is 0 Å². The Balaban J connectivity index is 2.21. The molecule has 0 saturated carbocycles. The molecule has 0 aliphatic carbocycles. The van der Waals surface area contributed by atoms with E-state index in [9.17, 15) is 0 Å². The summed E-state index contributed by atoms with van der Waals surface area (Å²) in [5.74, 6) is 0. The fraction of sp³-hybridized carbons (Fsp3) is 0.625. The molecular formula is C16H25ClN2. The summed E-state index contributed by atoms with van der Waals surface area (Å²) in [4.78, 5) is 2.50. The van der Waals surface area contributed by atoms with Gasteiger partial charge in [-0.25, -0.2) is 0 Å². The molecular weight excluding hydrogens is 256 g/mol. The number of hydrogen-bond donors (Lipinski definition) is 1. The molecule has 2 rings (SSSR count). The van der Waals surface area contributed by atoms with E-state index in [1.165, 1.54) is 43.4 Å². The van der Waals surface area contributed by atoms with Crippen LogP contribution in [0.4, 0.5) is 5.69 Å². The maximum Gasteiger partial charge on any atom is 0.0426 e. The molecule has 1 aliphatic rings. The first-order chi connectivity index (χ1) is 9.16. The zero-order chi connectivity index (χ0) is 13.7. The predicted molar refractivity (Wildman–Crippen MR) is 84.1 cm³/mol. The molecule has 19 heavy (non-hydrogen) atoms. The smallest absolute Gasteiger partial charge is 0.0426 e. The Hall–Kier alpha value is -0.730. The van der Waals surface area contributed by atoms with E-state index < -0.39 is 0 Å². The van der Waals surface area contributed by atoms with Gasteiger partial charge in [0.2, 0.25) is 0 Å². The highest BCUT2D eigenvalue weighted by molar-refractivity contribution is 6.30. The summed E-state index contributed by atoms with van der Waals surface area (Å²) >= 11 is 6.19. The average molecular weight is 281 g/mol. The van der Waals surface area contributed by atoms with Gasteiger partial charge in [-0.2, -0.15) is 0 Å². The summed E-state index contributed by atoms with van der Waals surface area (Å²) in [7, 11) is 0. The molecule has 106 valence electrons. The minimum atomic E-state index is 0.190. The van der Waals surface area contributed by atoms with Gasteiger partial charge in [0.1, 0.15) is 0 Å². The number of nitrogens with two attached hydrogens (primary N) is 1. The first kappa shape index (κ1) is 14.7. The quantitative estimate of drug-likeness (QED) is 0.907. The van der Waals surface area contributed by atoms with Crippen molar-refractivity contribution in [3.8, 4) is 0 Å². The molecule has 0 aromatic heterocycles. The largest absolute Gasteiger partial charge is 0.371 e. The normalized spacial score (nSPS) is 18.8. The third-order valence-electron chi connectivity index (χ3n) is 3.79. The molecule has 2 nitrogen and oxygen atoms in total. The summed E-state index contributed by atoms with van der Waals surface area (Å²) in [6.07, 6.45) is 7.56. The van der Waals surface area contributed by atoms with Crippen molar-refractivity contribution in [2.75, 3.05) is 18.0 Å². The topological polar surface area (TPSA) is 29.3 Å². The molecule has 0 radical (unpaired) electrons. The molecule has 3 heteroatoms. The Morgan fingerprint density at radius 1 is 1.16 bits per heavy atom. The highest BCUT2D eigenvalue weighted by Crippen LogP contribution is 2.27. The van der Waals surface area contributed by atoms with E-state index in [2.05, 4.69) is 24.0 Å². The van der Waals surface area contributed by atoms with Gasteiger partial charge in [0, 0.05) is 29.8 Å². The van der Waals surface area contributed by atoms with Crippen molar-refractivity contribution in [1.82, 2.24) is 0 Å². The van der Waals surface area contributed by atoms with Crippen LogP contribution in [0.25, 0.3) is 0 Å². The number of benzene rings is 1. The van der Waals surface area contributed by atoms with Gasteiger partial charge < -0.3 is 10.6 Å². The summed E-state index contributed by atoms with van der Waals surface area (Å²) < 4.78 is 0. The zero-order valence-electron chi connectivity index (χ0n) is 11.9. The molecule has 0 spiro atoms. The molecule has 1 aromatic carbocycles. The van der Waals surface area contributed by atoms with Crippen molar-refractivity contribution in [3.63, 3.8) is 0 Å². The van der Waals surface area contributed by atoms with Crippen molar-refractivity contribution in [3.05, 3.63) is 28.8 Å². The summed E-state index contributed by atoms with van der Waals surface area (Å²) in [6, 6.07) is 6.42. The lowest BCUT2D eigenvalue weighted by Crippen LogP contribution is -2.29. The van der Waals surface area contributed by atoms with Gasteiger partial charge in [-0.1, -0.05) is 36.9 Å². The molecule has 2 N–H and O–H groups in total. The number of anilines is 1. The molecule has 1 heterocycles. The van der Waals surface area contributed by atoms with Crippen molar-refractivity contribution < 1.29 is 0 Å². The Kier molecular flexibility index (Phi) is 5.53. The lowest BCUT2D eigenvalue weighted by atomic mass is 10.0. The van der Waals surface area contributed by atoms with Crippen LogP contribution in [0.2, 0.25) is 5.02 Å². The summed E-state index contributed by atoms with van der Waals surface area (Å²) in [5.41, 5.74) is 8.60. The fourth-order valence-corrected chi connectivity index (χ4v) is 3.01. The van der Waals surface area contributed by atoms with Crippen molar-refractivity contribution in [2.45, 2.75) is 51.5 Å². The van der Waals surface area contributed by atoms with Crippen LogP contribution >= 0.6 is 11.6 Å². The maximum atomic E-state index is 6.19. The SMILES string of the molecule is CC(N)Cc1ccc(Cl)cc1N1CCCCCCC1. The maximum absolute atomic E-state index is 6.19. The van der Waals surface area contributed by atoms with E-state index >= 15 is 0 Å². The standard InChI is InChI=1S/C16H25ClN2/c1-13(18)11-14-7-8-15(17)12-16(14)19-9-5-3-2-4-6-10-19/h7-8,12-13H,2-6,9-11,18H2,1H3. The minimum absolute atomic E-state index is 0.190. The Bertz CT molecular complexity index is 396. The Labute approximate surface area is 121 Å². The highest BCUT2D eigenvalue weighted by atomic mass is 35.5. The van der Waals surface area contributed by atoms with Crippen LogP contribution in [0.1, 0.15) is 44.6 Å². The van der Waals surface area contributed by atoms with Crippen LogP contribution in [-0.2, 0) is 6.42 Å². The van der Waals surface area contributed by atoms with E-state index in [0.29, 0.717) is 0 Å². The van der Waals surface area contributed by atoms with Crippen molar-refractivity contribution >= 4 is 17.3 Å². The van der Waals surface area contributed by atoms with Gasteiger partial charge in [-0.3, -0.25) is 0 Å². The molecule has 1 fully saturated rings. The van der Waals surface area contributed by atoms with E-state index in [1.54, 1.807) is 0 Å². The third-order valence-corrected chi connectivity index (χ3v) is 4.02. The van der Waals surface area contributed by atoms with Gasteiger partial charge in [-0.15, -0.1) is 0 Å². The molecule has 0 bridgehead atoms. The van der Waals surface area contributed by atoms with Gasteiger partial charge in [0.15, 0.2) is 0 Å². The van der Waals surface area contributed by atoms with Gasteiger partial charge in [0.25, 0.3) is 0 Å². The lowest BCUT2D eigenvalue weighted by molar-refractivity contribution is 0.555. The number of halogens is 1. The highest BCUT2D eigenvalue weighted by Gasteiger charge is 2.14. The van der Waals surface area contributed by atoms with Crippen LogP contribution in [-0.4, -0.2) is 19.1 Å². The second kappa shape index (κ2) is 7.16. The lowest BCUT2D eigenvalue weighted by Gasteiger charge is -2.29. The average Bonchev–Trinajstić information content (AvgIpc) is 2.31. The fourth-order valence-electron chi connectivity index (χ4n) is 2.84. The van der Waals surface area contributed by atoms with E-state index in [1.807, 2.05) is 6.07 Å². The second-order valence-electron chi connectivity index (χ2n) is 5.71. The monoisotopic (exact) mass is 280 g/mol. The van der Waals surface area contributed by atoms with Crippen LogP contribution in [0, 0.1) is 0 Å². The third kappa shape index (κ3) is 4.39. The molecule has 1 saturated heterocycles. The van der Waals surface area contributed by atoms with Crippen LogP contribution in [0.5, 0.6) is 0 Å². The first-order valence-electron chi connectivity index (χ1n) is 7.46. The molecule has 1 aromatic rings. The number of nitrogens with zero attached hydrogens (tertiary/aromatic N) is 1. The van der Waals surface area contributed by atoms with Crippen molar-refractivity contribution in [1.29, 1.82) is 0 Å². The van der Waals surface area contributed by atoms with E-state index in [-0.39, 0.29) is 6.04 Å². The molecule has 0 amide bonds. The van der Waals surface area contributed by atoms with Crippen LogP contribution in [0.3, 0.4) is 0 Å². The second-order valence-corrected chi connectivity index (χ2v) is 6.15. The van der Waals surface area contributed by atoms with Crippen LogP contribution in [0.15, 0.2) is 18.2 Å². The van der Waals surface area contributed by atoms with Crippen molar-refractivity contribution in [2.24, 2.45) is 5.73 Å². The molecule has 1 atom stereocenters. The zero-order valence-corrected chi connectivity index (χ0v) is 12.6. The predicted octanol–water partition coefficient (Wildman–Crippen LogP) is 4.00. The summed E-state index contributed by atoms with van der Waals surface area (Å²) in [5, 5.41) is 0.825. The van der Waals surface area contributed by atoms with Crippen LogP contribution < -0.4 is 10.6 Å².